The Balaban J connectivity index is 1.51. The number of hydrogen-bond donors (Lipinski definition) is 1. The fraction of sp³-hybridized carbons (Fsp3) is 0.200. The predicted molar refractivity (Wildman–Crippen MR) is 100 cm³/mol. The van der Waals surface area contributed by atoms with Crippen molar-refractivity contribution in [3.8, 4) is 17.0 Å². The van der Waals surface area contributed by atoms with Crippen LogP contribution in [0, 0.1) is 0 Å². The quantitative estimate of drug-likeness (QED) is 0.732. The van der Waals surface area contributed by atoms with Gasteiger partial charge in [-0.3, -0.25) is 9.89 Å². The molecule has 0 spiro atoms. The first-order chi connectivity index (χ1) is 12.7. The van der Waals surface area contributed by atoms with Crippen LogP contribution in [-0.4, -0.2) is 27.5 Å². The number of fused-ring (bicyclic) bond motifs is 1. The summed E-state index contributed by atoms with van der Waals surface area (Å²) in [5, 5.41) is 7.87. The Morgan fingerprint density at radius 1 is 1.27 bits per heavy atom. The number of rotatable bonds is 5. The zero-order valence-electron chi connectivity index (χ0n) is 14.3. The Bertz CT molecular complexity index is 967. The van der Waals surface area contributed by atoms with Gasteiger partial charge in [0, 0.05) is 41.0 Å². The molecule has 1 aromatic heterocycles. The third-order valence-electron chi connectivity index (χ3n) is 4.55. The summed E-state index contributed by atoms with van der Waals surface area (Å²) in [5.41, 5.74) is 4.48. The number of aromatic nitrogens is 2. The van der Waals surface area contributed by atoms with Gasteiger partial charge in [0.1, 0.15) is 12.4 Å². The van der Waals surface area contributed by atoms with Gasteiger partial charge in [-0.1, -0.05) is 23.7 Å². The Morgan fingerprint density at radius 3 is 2.96 bits per heavy atom. The first-order valence-electron chi connectivity index (χ1n) is 8.49. The van der Waals surface area contributed by atoms with Gasteiger partial charge in [-0.15, -0.1) is 0 Å². The molecule has 3 aromatic rings. The summed E-state index contributed by atoms with van der Waals surface area (Å²) in [5.74, 6) is 0.833. The Kier molecular flexibility index (Phi) is 4.39. The van der Waals surface area contributed by atoms with E-state index in [1.165, 1.54) is 0 Å². The molecular formula is C20H18ClN3O2. The molecule has 1 aliphatic rings. The minimum atomic E-state index is 0.0899. The van der Waals surface area contributed by atoms with Gasteiger partial charge in [0.25, 0.3) is 5.91 Å². The third-order valence-corrected chi connectivity index (χ3v) is 4.78. The lowest BCUT2D eigenvalue weighted by Gasteiger charge is -2.10. The number of halogens is 1. The molecule has 0 unspecified atom stereocenters. The maximum atomic E-state index is 12.2. The van der Waals surface area contributed by atoms with Crippen LogP contribution < -0.4 is 4.74 Å². The third kappa shape index (κ3) is 3.06. The fourth-order valence-corrected chi connectivity index (χ4v) is 3.36. The highest BCUT2D eigenvalue weighted by Crippen LogP contribution is 2.28. The zero-order chi connectivity index (χ0) is 18.1. The van der Waals surface area contributed by atoms with Crippen molar-refractivity contribution in [1.82, 2.24) is 15.1 Å². The molecule has 0 saturated heterocycles. The van der Waals surface area contributed by atoms with Crippen LogP contribution in [0.15, 0.2) is 48.7 Å². The van der Waals surface area contributed by atoms with Crippen molar-refractivity contribution in [1.29, 1.82) is 0 Å². The average molecular weight is 368 g/mol. The van der Waals surface area contributed by atoms with Gasteiger partial charge < -0.3 is 9.64 Å². The van der Waals surface area contributed by atoms with E-state index >= 15 is 0 Å². The van der Waals surface area contributed by atoms with E-state index < -0.39 is 0 Å². The van der Waals surface area contributed by atoms with E-state index in [4.69, 9.17) is 16.3 Å². The minimum absolute atomic E-state index is 0.0899. The van der Waals surface area contributed by atoms with Crippen molar-refractivity contribution in [2.24, 2.45) is 0 Å². The number of carbonyl (C=O) groups excluding carboxylic acids is 1. The lowest BCUT2D eigenvalue weighted by Crippen LogP contribution is -2.22. The number of amides is 1. The van der Waals surface area contributed by atoms with Gasteiger partial charge in [-0.2, -0.15) is 5.10 Å². The summed E-state index contributed by atoms with van der Waals surface area (Å²) in [6.45, 7) is 3.71. The van der Waals surface area contributed by atoms with Gasteiger partial charge in [0.05, 0.1) is 5.69 Å². The standard InChI is InChI=1S/C20H18ClN3O2/c1-2-24-11-14-9-17(6-7-18(14)20(24)25)26-12-15-10-22-23-19(15)13-4-3-5-16(21)8-13/h3-10H,2,11-12H2,1H3,(H,22,23). The fourth-order valence-electron chi connectivity index (χ4n) is 3.17. The summed E-state index contributed by atoms with van der Waals surface area (Å²) in [7, 11) is 0. The maximum absolute atomic E-state index is 12.2. The van der Waals surface area contributed by atoms with Crippen LogP contribution in [0.25, 0.3) is 11.3 Å². The van der Waals surface area contributed by atoms with Crippen LogP contribution in [0.3, 0.4) is 0 Å². The second kappa shape index (κ2) is 6.84. The lowest BCUT2D eigenvalue weighted by molar-refractivity contribution is 0.0787. The molecular weight excluding hydrogens is 350 g/mol. The molecule has 0 fully saturated rings. The lowest BCUT2D eigenvalue weighted by atomic mass is 10.1. The number of ether oxygens (including phenoxy) is 1. The number of nitrogens with zero attached hydrogens (tertiary/aromatic N) is 2. The highest BCUT2D eigenvalue weighted by Gasteiger charge is 2.26. The van der Waals surface area contributed by atoms with E-state index in [9.17, 15) is 4.79 Å². The van der Waals surface area contributed by atoms with Crippen molar-refractivity contribution < 1.29 is 9.53 Å². The molecule has 5 nitrogen and oxygen atoms in total. The number of benzene rings is 2. The maximum Gasteiger partial charge on any atom is 0.254 e. The molecule has 2 heterocycles. The second-order valence-electron chi connectivity index (χ2n) is 6.20. The Hall–Kier alpha value is -2.79. The molecule has 0 bridgehead atoms. The van der Waals surface area contributed by atoms with E-state index in [-0.39, 0.29) is 5.91 Å². The molecule has 1 N–H and O–H groups in total. The van der Waals surface area contributed by atoms with Gasteiger partial charge >= 0.3 is 0 Å². The van der Waals surface area contributed by atoms with Crippen molar-refractivity contribution in [3.05, 3.63) is 70.4 Å². The Labute approximate surface area is 156 Å². The van der Waals surface area contributed by atoms with Gasteiger partial charge in [-0.05, 0) is 42.8 Å². The molecule has 0 saturated carbocycles. The molecule has 6 heteroatoms. The van der Waals surface area contributed by atoms with Gasteiger partial charge in [0.2, 0.25) is 0 Å². The van der Waals surface area contributed by atoms with Crippen LogP contribution in [0.1, 0.15) is 28.4 Å². The predicted octanol–water partition coefficient (Wildman–Crippen LogP) is 4.28. The normalized spacial score (nSPS) is 13.2. The number of H-pyrrole nitrogens is 1. The number of nitrogens with one attached hydrogen (secondary N) is 1. The van der Waals surface area contributed by atoms with Crippen molar-refractivity contribution in [3.63, 3.8) is 0 Å². The topological polar surface area (TPSA) is 58.2 Å². The first-order valence-corrected chi connectivity index (χ1v) is 8.87. The second-order valence-corrected chi connectivity index (χ2v) is 6.63. The molecule has 132 valence electrons. The van der Waals surface area contributed by atoms with Crippen LogP contribution in [0.2, 0.25) is 5.02 Å². The zero-order valence-corrected chi connectivity index (χ0v) is 15.1. The van der Waals surface area contributed by atoms with E-state index in [1.54, 1.807) is 0 Å². The van der Waals surface area contributed by atoms with E-state index in [0.29, 0.717) is 24.7 Å². The summed E-state index contributed by atoms with van der Waals surface area (Å²) < 4.78 is 5.95. The monoisotopic (exact) mass is 367 g/mol. The average Bonchev–Trinajstić information content (AvgIpc) is 3.24. The number of hydrogen-bond acceptors (Lipinski definition) is 3. The highest BCUT2D eigenvalue weighted by molar-refractivity contribution is 6.30. The minimum Gasteiger partial charge on any atom is -0.489 e. The van der Waals surface area contributed by atoms with Gasteiger partial charge in [0.15, 0.2) is 0 Å². The van der Waals surface area contributed by atoms with Crippen LogP contribution in [0.4, 0.5) is 0 Å². The van der Waals surface area contributed by atoms with Crippen molar-refractivity contribution >= 4 is 17.5 Å². The number of aromatic amines is 1. The largest absolute Gasteiger partial charge is 0.489 e. The molecule has 0 radical (unpaired) electrons. The summed E-state index contributed by atoms with van der Waals surface area (Å²) in [4.78, 5) is 14.0. The molecule has 2 aromatic carbocycles. The van der Waals surface area contributed by atoms with Crippen LogP contribution in [0.5, 0.6) is 5.75 Å². The van der Waals surface area contributed by atoms with Crippen LogP contribution in [-0.2, 0) is 13.2 Å². The van der Waals surface area contributed by atoms with E-state index in [0.717, 1.165) is 33.7 Å². The van der Waals surface area contributed by atoms with Crippen molar-refractivity contribution in [2.45, 2.75) is 20.1 Å². The van der Waals surface area contributed by atoms with Gasteiger partial charge in [-0.25, -0.2) is 0 Å². The first kappa shape index (κ1) is 16.7. The van der Waals surface area contributed by atoms with Crippen LogP contribution >= 0.6 is 11.6 Å². The molecule has 1 amide bonds. The smallest absolute Gasteiger partial charge is 0.254 e. The molecule has 26 heavy (non-hydrogen) atoms. The summed E-state index contributed by atoms with van der Waals surface area (Å²) in [6, 6.07) is 13.2. The van der Waals surface area contributed by atoms with E-state index in [2.05, 4.69) is 10.2 Å². The van der Waals surface area contributed by atoms with Crippen molar-refractivity contribution in [2.75, 3.05) is 6.54 Å². The highest BCUT2D eigenvalue weighted by atomic mass is 35.5. The number of carbonyl (C=O) groups is 1. The molecule has 1 aliphatic heterocycles. The van der Waals surface area contributed by atoms with E-state index in [1.807, 2.05) is 60.5 Å². The molecule has 4 rings (SSSR count). The summed E-state index contributed by atoms with van der Waals surface area (Å²) in [6.07, 6.45) is 1.83. The summed E-state index contributed by atoms with van der Waals surface area (Å²) >= 11 is 6.08. The SMILES string of the molecule is CCN1Cc2cc(OCc3c[nH]nc3-c3cccc(Cl)c3)ccc2C1=O. The molecule has 0 aliphatic carbocycles. The molecule has 0 atom stereocenters. The Morgan fingerprint density at radius 2 is 2.15 bits per heavy atom.